The number of nitrogens with one attached hydrogen (secondary N) is 1. The molecule has 1 aliphatic heterocycles. The third-order valence-corrected chi connectivity index (χ3v) is 5.10. The molecule has 29 heavy (non-hydrogen) atoms. The Morgan fingerprint density at radius 2 is 2.00 bits per heavy atom. The summed E-state index contributed by atoms with van der Waals surface area (Å²) in [6, 6.07) is 6.87. The predicted octanol–water partition coefficient (Wildman–Crippen LogP) is 3.31. The molecule has 2 aromatic heterocycles. The molecule has 0 unspecified atom stereocenters. The topological polar surface area (TPSA) is 113 Å². The van der Waals surface area contributed by atoms with E-state index in [0.717, 1.165) is 11.3 Å². The Morgan fingerprint density at radius 3 is 2.79 bits per heavy atom. The predicted molar refractivity (Wildman–Crippen MR) is 104 cm³/mol. The fourth-order valence-electron chi connectivity index (χ4n) is 2.71. The van der Waals surface area contributed by atoms with Gasteiger partial charge in [-0.05, 0) is 32.0 Å². The summed E-state index contributed by atoms with van der Waals surface area (Å²) in [5.41, 5.74) is 1.27. The fourth-order valence-corrected chi connectivity index (χ4v) is 3.57. The number of fused-ring (bicyclic) bond motifs is 1. The third kappa shape index (κ3) is 3.92. The Labute approximate surface area is 169 Å². The molecule has 0 saturated carbocycles. The molecule has 0 fully saturated rings. The van der Waals surface area contributed by atoms with Gasteiger partial charge in [0.15, 0.2) is 28.1 Å². The van der Waals surface area contributed by atoms with Gasteiger partial charge in [0.1, 0.15) is 18.1 Å². The minimum Gasteiger partial charge on any atom is -0.486 e. The number of nitrogens with zero attached hydrogens (tertiary/aromatic N) is 2. The number of aromatic nitrogens is 2. The van der Waals surface area contributed by atoms with Crippen molar-refractivity contribution in [1.82, 2.24) is 10.1 Å². The monoisotopic (exact) mass is 415 g/mol. The molecule has 10 heteroatoms. The van der Waals surface area contributed by atoms with Crippen LogP contribution in [-0.2, 0) is 4.74 Å². The number of anilines is 1. The maximum Gasteiger partial charge on any atom is 0.350 e. The lowest BCUT2D eigenvalue weighted by atomic mass is 10.1. The van der Waals surface area contributed by atoms with E-state index < -0.39 is 11.9 Å². The van der Waals surface area contributed by atoms with Gasteiger partial charge in [-0.25, -0.2) is 9.78 Å². The van der Waals surface area contributed by atoms with Crippen LogP contribution in [0.1, 0.15) is 32.8 Å². The van der Waals surface area contributed by atoms with Crippen LogP contribution in [0.5, 0.6) is 11.5 Å². The molecular formula is C19H17N3O6S. The van der Waals surface area contributed by atoms with Crippen molar-refractivity contribution in [3.63, 3.8) is 0 Å². The van der Waals surface area contributed by atoms with E-state index >= 15 is 0 Å². The summed E-state index contributed by atoms with van der Waals surface area (Å²) in [7, 11) is 0. The van der Waals surface area contributed by atoms with Crippen LogP contribution in [-0.4, -0.2) is 41.8 Å². The Hall–Kier alpha value is -3.40. The van der Waals surface area contributed by atoms with E-state index in [1.54, 1.807) is 32.0 Å². The number of ether oxygens (including phenoxy) is 3. The summed E-state index contributed by atoms with van der Waals surface area (Å²) in [6.07, 6.45) is 0. The summed E-state index contributed by atoms with van der Waals surface area (Å²) in [4.78, 5) is 28.9. The van der Waals surface area contributed by atoms with Gasteiger partial charge >= 0.3 is 5.97 Å². The van der Waals surface area contributed by atoms with Crippen LogP contribution in [0.15, 0.2) is 28.8 Å². The highest BCUT2D eigenvalue weighted by atomic mass is 32.1. The first-order chi connectivity index (χ1) is 14.0. The smallest absolute Gasteiger partial charge is 0.350 e. The number of thiazole rings is 1. The van der Waals surface area contributed by atoms with Gasteiger partial charge in [0.25, 0.3) is 5.91 Å². The number of amides is 1. The maximum atomic E-state index is 12.5. The van der Waals surface area contributed by atoms with Crippen molar-refractivity contribution in [3.8, 4) is 22.8 Å². The molecule has 0 saturated heterocycles. The van der Waals surface area contributed by atoms with Gasteiger partial charge in [0, 0.05) is 11.6 Å². The van der Waals surface area contributed by atoms with Crippen molar-refractivity contribution in [2.45, 2.75) is 13.8 Å². The zero-order chi connectivity index (χ0) is 20.4. The Bertz CT molecular complexity index is 1070. The highest BCUT2D eigenvalue weighted by Gasteiger charge is 2.20. The van der Waals surface area contributed by atoms with Crippen LogP contribution in [0.25, 0.3) is 11.3 Å². The second-order valence-electron chi connectivity index (χ2n) is 6.04. The van der Waals surface area contributed by atoms with Gasteiger partial charge in [-0.15, -0.1) is 0 Å². The van der Waals surface area contributed by atoms with Crippen LogP contribution in [0, 0.1) is 6.92 Å². The standard InChI is InChI=1S/C19H17N3O6S/c1-3-25-18(24)16-10(2)20-19(29-16)21-17(23)12-9-14(28-22-12)11-4-5-13-15(8-11)27-7-6-26-13/h4-5,8-9H,3,6-7H2,1-2H3,(H,20,21,23). The molecule has 4 rings (SSSR count). The molecular weight excluding hydrogens is 398 g/mol. The molecule has 0 atom stereocenters. The number of rotatable bonds is 5. The number of benzene rings is 1. The van der Waals surface area contributed by atoms with Gasteiger partial charge < -0.3 is 18.7 Å². The molecule has 1 aromatic carbocycles. The molecule has 3 heterocycles. The second-order valence-corrected chi connectivity index (χ2v) is 7.04. The molecule has 0 radical (unpaired) electrons. The van der Waals surface area contributed by atoms with E-state index in [0.29, 0.717) is 46.6 Å². The first-order valence-corrected chi connectivity index (χ1v) is 9.69. The molecule has 3 aromatic rings. The highest BCUT2D eigenvalue weighted by molar-refractivity contribution is 7.17. The van der Waals surface area contributed by atoms with E-state index in [9.17, 15) is 9.59 Å². The van der Waals surface area contributed by atoms with Crippen molar-refractivity contribution in [2.24, 2.45) is 0 Å². The third-order valence-electron chi connectivity index (χ3n) is 4.05. The van der Waals surface area contributed by atoms with Crippen LogP contribution in [0.2, 0.25) is 0 Å². The normalized spacial score (nSPS) is 12.5. The zero-order valence-corrected chi connectivity index (χ0v) is 16.5. The highest BCUT2D eigenvalue weighted by Crippen LogP contribution is 2.34. The molecule has 1 N–H and O–H groups in total. The lowest BCUT2D eigenvalue weighted by molar-refractivity contribution is 0.0531. The zero-order valence-electron chi connectivity index (χ0n) is 15.7. The number of carbonyl (C=O) groups excluding carboxylic acids is 2. The Balaban J connectivity index is 1.49. The average Bonchev–Trinajstić information content (AvgIpc) is 3.35. The summed E-state index contributed by atoms with van der Waals surface area (Å²) in [6.45, 7) is 4.64. The van der Waals surface area contributed by atoms with E-state index in [1.807, 2.05) is 0 Å². The van der Waals surface area contributed by atoms with E-state index in [4.69, 9.17) is 18.7 Å². The maximum absolute atomic E-state index is 12.5. The van der Waals surface area contributed by atoms with Crippen molar-refractivity contribution in [2.75, 3.05) is 25.1 Å². The first kappa shape index (κ1) is 18.9. The molecule has 1 amide bonds. The van der Waals surface area contributed by atoms with Crippen LogP contribution < -0.4 is 14.8 Å². The quantitative estimate of drug-likeness (QED) is 0.632. The first-order valence-electron chi connectivity index (χ1n) is 8.87. The van der Waals surface area contributed by atoms with Crippen LogP contribution in [0.4, 0.5) is 5.13 Å². The average molecular weight is 415 g/mol. The lowest BCUT2D eigenvalue weighted by Crippen LogP contribution is -2.15. The molecule has 1 aliphatic rings. The second kappa shape index (κ2) is 7.92. The van der Waals surface area contributed by atoms with Crippen molar-refractivity contribution < 1.29 is 28.3 Å². The molecule has 9 nitrogen and oxygen atoms in total. The van der Waals surface area contributed by atoms with Crippen molar-refractivity contribution in [1.29, 1.82) is 0 Å². The van der Waals surface area contributed by atoms with Gasteiger partial charge in [-0.2, -0.15) is 0 Å². The summed E-state index contributed by atoms with van der Waals surface area (Å²) in [5.74, 6) is 0.719. The van der Waals surface area contributed by atoms with Gasteiger partial charge in [0.2, 0.25) is 0 Å². The van der Waals surface area contributed by atoms with Crippen LogP contribution >= 0.6 is 11.3 Å². The van der Waals surface area contributed by atoms with Crippen LogP contribution in [0.3, 0.4) is 0 Å². The summed E-state index contributed by atoms with van der Waals surface area (Å²) in [5, 5.41) is 6.72. The number of hydrogen-bond donors (Lipinski definition) is 1. The largest absolute Gasteiger partial charge is 0.486 e. The van der Waals surface area contributed by atoms with E-state index in [2.05, 4.69) is 15.5 Å². The van der Waals surface area contributed by atoms with Crippen molar-refractivity contribution in [3.05, 3.63) is 40.5 Å². The molecule has 0 bridgehead atoms. The fraction of sp³-hybridized carbons (Fsp3) is 0.263. The number of esters is 1. The summed E-state index contributed by atoms with van der Waals surface area (Å²) < 4.78 is 21.3. The number of hydrogen-bond acceptors (Lipinski definition) is 9. The van der Waals surface area contributed by atoms with E-state index in [-0.39, 0.29) is 17.4 Å². The molecule has 0 spiro atoms. The minimum absolute atomic E-state index is 0.0837. The number of aryl methyl sites for hydroxylation is 1. The molecule has 150 valence electrons. The van der Waals surface area contributed by atoms with Gasteiger partial charge in [-0.3, -0.25) is 10.1 Å². The van der Waals surface area contributed by atoms with Crippen molar-refractivity contribution >= 4 is 28.3 Å². The lowest BCUT2D eigenvalue weighted by Gasteiger charge is -2.18. The van der Waals surface area contributed by atoms with E-state index in [1.165, 1.54) is 6.07 Å². The summed E-state index contributed by atoms with van der Waals surface area (Å²) >= 11 is 1.04. The van der Waals surface area contributed by atoms with Gasteiger partial charge in [0.05, 0.1) is 12.3 Å². The SMILES string of the molecule is CCOC(=O)c1sc(NC(=O)c2cc(-c3ccc4c(c3)OCCO4)on2)nc1C. The van der Waals surface area contributed by atoms with Gasteiger partial charge in [-0.1, -0.05) is 16.5 Å². The minimum atomic E-state index is -0.498. The Kier molecular flexibility index (Phi) is 5.17. The molecule has 0 aliphatic carbocycles. The number of carbonyl (C=O) groups is 2. The Morgan fingerprint density at radius 1 is 1.21 bits per heavy atom.